The Labute approximate surface area is 93.1 Å². The summed E-state index contributed by atoms with van der Waals surface area (Å²) in [6.07, 6.45) is 1.46. The highest BCUT2D eigenvalue weighted by atomic mass is 32.2. The van der Waals surface area contributed by atoms with Gasteiger partial charge in [-0.2, -0.15) is 0 Å². The van der Waals surface area contributed by atoms with Gasteiger partial charge in [0.05, 0.1) is 6.54 Å². The first kappa shape index (κ1) is 12.4. The summed E-state index contributed by atoms with van der Waals surface area (Å²) in [6.45, 7) is -0.444. The van der Waals surface area contributed by atoms with Gasteiger partial charge in [-0.1, -0.05) is 0 Å². The molecule has 0 unspecified atom stereocenters. The molecule has 0 aliphatic rings. The quantitative estimate of drug-likeness (QED) is 0.607. The zero-order chi connectivity index (χ0) is 12.2. The summed E-state index contributed by atoms with van der Waals surface area (Å²) in [6, 6.07) is 2.86. The molecule has 0 fully saturated rings. The Bertz CT molecular complexity index is 486. The maximum atomic E-state index is 11.7. The van der Waals surface area contributed by atoms with Crippen LogP contribution in [-0.2, 0) is 14.8 Å². The highest BCUT2D eigenvalue weighted by molar-refractivity contribution is 7.89. The Morgan fingerprint density at radius 3 is 2.81 bits per heavy atom. The molecule has 7 nitrogen and oxygen atoms in total. The van der Waals surface area contributed by atoms with Gasteiger partial charge >= 0.3 is 0 Å². The van der Waals surface area contributed by atoms with Gasteiger partial charge < -0.3 is 11.1 Å². The Balaban J connectivity index is 3.02. The van der Waals surface area contributed by atoms with Crippen molar-refractivity contribution in [2.75, 3.05) is 18.9 Å². The molecule has 0 saturated heterocycles. The zero-order valence-electron chi connectivity index (χ0n) is 8.60. The van der Waals surface area contributed by atoms with Gasteiger partial charge in [0.15, 0.2) is 0 Å². The first-order valence-electron chi connectivity index (χ1n) is 4.38. The monoisotopic (exact) mass is 244 g/mol. The van der Waals surface area contributed by atoms with Gasteiger partial charge in [0, 0.05) is 13.2 Å². The molecule has 0 bridgehead atoms. The number of carbonyl (C=O) groups excluding carboxylic acids is 1. The van der Waals surface area contributed by atoms with E-state index in [1.165, 1.54) is 18.3 Å². The van der Waals surface area contributed by atoms with E-state index in [2.05, 4.69) is 15.0 Å². The average Bonchev–Trinajstić information content (AvgIpc) is 2.26. The second kappa shape index (κ2) is 4.90. The van der Waals surface area contributed by atoms with Crippen LogP contribution in [0.4, 0.5) is 5.82 Å². The van der Waals surface area contributed by atoms with E-state index in [0.717, 1.165) is 0 Å². The van der Waals surface area contributed by atoms with Gasteiger partial charge in [0.25, 0.3) is 0 Å². The number of primary amides is 1. The van der Waals surface area contributed by atoms with Gasteiger partial charge in [-0.25, -0.2) is 18.1 Å². The topological polar surface area (TPSA) is 114 Å². The zero-order valence-corrected chi connectivity index (χ0v) is 9.41. The number of carbonyl (C=O) groups is 1. The smallest absolute Gasteiger partial charge is 0.244 e. The molecule has 0 aliphatic carbocycles. The number of aromatic nitrogens is 1. The summed E-state index contributed by atoms with van der Waals surface area (Å²) in [5, 5.41) is 2.64. The first-order chi connectivity index (χ1) is 7.47. The fraction of sp³-hybridized carbons (Fsp3) is 0.250. The lowest BCUT2D eigenvalue weighted by molar-refractivity contribution is -0.116. The maximum absolute atomic E-state index is 11.7. The predicted molar refractivity (Wildman–Crippen MR) is 58.2 cm³/mol. The molecule has 0 atom stereocenters. The number of hydrogen-bond donors (Lipinski definition) is 3. The Kier molecular flexibility index (Phi) is 3.80. The number of pyridine rings is 1. The van der Waals surface area contributed by atoms with E-state index in [-0.39, 0.29) is 10.7 Å². The van der Waals surface area contributed by atoms with E-state index in [4.69, 9.17) is 5.73 Å². The molecule has 0 aliphatic heterocycles. The van der Waals surface area contributed by atoms with Crippen molar-refractivity contribution in [3.05, 3.63) is 18.3 Å². The number of nitrogens with zero attached hydrogens (tertiary/aromatic N) is 1. The summed E-state index contributed by atoms with van der Waals surface area (Å²) >= 11 is 0. The van der Waals surface area contributed by atoms with Crippen molar-refractivity contribution in [2.24, 2.45) is 5.73 Å². The summed E-state index contributed by atoms with van der Waals surface area (Å²) in [4.78, 5) is 14.3. The van der Waals surface area contributed by atoms with Crippen LogP contribution in [-0.4, -0.2) is 32.9 Å². The largest absolute Gasteiger partial charge is 0.372 e. The molecule has 4 N–H and O–H groups in total. The van der Waals surface area contributed by atoms with Crippen molar-refractivity contribution in [3.63, 3.8) is 0 Å². The van der Waals surface area contributed by atoms with Gasteiger partial charge in [0.2, 0.25) is 15.9 Å². The molecule has 1 heterocycles. The predicted octanol–water partition coefficient (Wildman–Crippen LogP) is -1.11. The van der Waals surface area contributed by atoms with Gasteiger partial charge in [-0.05, 0) is 12.1 Å². The fourth-order valence-corrected chi connectivity index (χ4v) is 2.19. The van der Waals surface area contributed by atoms with Crippen LogP contribution >= 0.6 is 0 Å². The van der Waals surface area contributed by atoms with Crippen molar-refractivity contribution >= 4 is 21.7 Å². The fourth-order valence-electron chi connectivity index (χ4n) is 1.04. The Hall–Kier alpha value is -1.67. The maximum Gasteiger partial charge on any atom is 0.244 e. The minimum Gasteiger partial charge on any atom is -0.372 e. The summed E-state index contributed by atoms with van der Waals surface area (Å²) in [5.41, 5.74) is 4.85. The molecule has 0 radical (unpaired) electrons. The number of nitrogens with two attached hydrogens (primary N) is 1. The highest BCUT2D eigenvalue weighted by Crippen LogP contribution is 2.16. The molecule has 0 aromatic carbocycles. The van der Waals surface area contributed by atoms with Crippen molar-refractivity contribution in [2.45, 2.75) is 4.90 Å². The number of amides is 1. The van der Waals surface area contributed by atoms with Crippen LogP contribution in [0.15, 0.2) is 23.2 Å². The van der Waals surface area contributed by atoms with Crippen molar-refractivity contribution in [3.8, 4) is 0 Å². The van der Waals surface area contributed by atoms with Gasteiger partial charge in [-0.3, -0.25) is 4.79 Å². The SMILES string of the molecule is CNc1ncccc1S(=O)(=O)NCC(N)=O. The number of anilines is 1. The van der Waals surface area contributed by atoms with E-state index < -0.39 is 22.5 Å². The summed E-state index contributed by atoms with van der Waals surface area (Å²) in [7, 11) is -2.22. The van der Waals surface area contributed by atoms with Crippen LogP contribution in [0, 0.1) is 0 Å². The summed E-state index contributed by atoms with van der Waals surface area (Å²) < 4.78 is 25.5. The molecular weight excluding hydrogens is 232 g/mol. The van der Waals surface area contributed by atoms with Crippen molar-refractivity contribution in [1.82, 2.24) is 9.71 Å². The van der Waals surface area contributed by atoms with Gasteiger partial charge in [-0.15, -0.1) is 0 Å². The second-order valence-corrected chi connectivity index (χ2v) is 4.63. The Morgan fingerprint density at radius 2 is 2.25 bits per heavy atom. The molecule has 0 spiro atoms. The van der Waals surface area contributed by atoms with Gasteiger partial charge in [0.1, 0.15) is 10.7 Å². The third kappa shape index (κ3) is 2.91. The van der Waals surface area contributed by atoms with Crippen LogP contribution in [0.3, 0.4) is 0 Å². The van der Waals surface area contributed by atoms with Crippen LogP contribution in [0.5, 0.6) is 0 Å². The normalized spacial score (nSPS) is 11.1. The number of sulfonamides is 1. The van der Waals surface area contributed by atoms with E-state index in [9.17, 15) is 13.2 Å². The molecule has 8 heteroatoms. The van der Waals surface area contributed by atoms with E-state index in [1.807, 2.05) is 0 Å². The molecule has 1 aromatic heterocycles. The minimum absolute atomic E-state index is 0.0289. The number of hydrogen-bond acceptors (Lipinski definition) is 5. The lowest BCUT2D eigenvalue weighted by atomic mass is 10.5. The molecule has 1 aromatic rings. The lowest BCUT2D eigenvalue weighted by Gasteiger charge is -2.08. The van der Waals surface area contributed by atoms with E-state index in [1.54, 1.807) is 7.05 Å². The van der Waals surface area contributed by atoms with Crippen LogP contribution < -0.4 is 15.8 Å². The first-order valence-corrected chi connectivity index (χ1v) is 5.86. The number of rotatable bonds is 5. The third-order valence-corrected chi connectivity index (χ3v) is 3.17. The standard InChI is InChI=1S/C8H12N4O3S/c1-10-8-6(3-2-4-11-8)16(14,15)12-5-7(9)13/h2-4,12H,5H2,1H3,(H2,9,13)(H,10,11). The minimum atomic E-state index is -3.77. The van der Waals surface area contributed by atoms with Crippen molar-refractivity contribution < 1.29 is 13.2 Å². The molecule has 16 heavy (non-hydrogen) atoms. The molecule has 0 saturated carbocycles. The van der Waals surface area contributed by atoms with E-state index in [0.29, 0.717) is 0 Å². The van der Waals surface area contributed by atoms with E-state index >= 15 is 0 Å². The van der Waals surface area contributed by atoms with Crippen LogP contribution in [0.25, 0.3) is 0 Å². The summed E-state index contributed by atoms with van der Waals surface area (Å²) in [5.74, 6) is -0.544. The molecule has 88 valence electrons. The number of nitrogens with one attached hydrogen (secondary N) is 2. The molecule has 1 rings (SSSR count). The highest BCUT2D eigenvalue weighted by Gasteiger charge is 2.18. The average molecular weight is 244 g/mol. The third-order valence-electron chi connectivity index (χ3n) is 1.73. The van der Waals surface area contributed by atoms with Crippen LogP contribution in [0.2, 0.25) is 0 Å². The Morgan fingerprint density at radius 1 is 1.56 bits per heavy atom. The van der Waals surface area contributed by atoms with Crippen molar-refractivity contribution in [1.29, 1.82) is 0 Å². The lowest BCUT2D eigenvalue weighted by Crippen LogP contribution is -2.33. The van der Waals surface area contributed by atoms with Crippen LogP contribution in [0.1, 0.15) is 0 Å². The second-order valence-electron chi connectivity index (χ2n) is 2.89. The molecule has 1 amide bonds. The molecular formula is C8H12N4O3S.